The Bertz CT molecular complexity index is 961. The van der Waals surface area contributed by atoms with Gasteiger partial charge in [-0.1, -0.05) is 26.0 Å². The average molecular weight is 406 g/mol. The third-order valence-corrected chi connectivity index (χ3v) is 8.39. The van der Waals surface area contributed by atoms with Crippen molar-refractivity contribution in [2.45, 2.75) is 57.9 Å². The molecule has 4 saturated carbocycles. The molecule has 2 atom stereocenters. The van der Waals surface area contributed by atoms with E-state index in [0.29, 0.717) is 10.8 Å². The summed E-state index contributed by atoms with van der Waals surface area (Å²) in [6.45, 7) is 9.22. The minimum absolute atomic E-state index is 0.194. The number of hydrogen-bond acceptors (Lipinski definition) is 5. The number of rotatable bonds is 3. The zero-order valence-electron chi connectivity index (χ0n) is 18.7. The van der Waals surface area contributed by atoms with Crippen LogP contribution >= 0.6 is 0 Å². The molecule has 1 aromatic carbocycles. The Labute approximate surface area is 180 Å². The summed E-state index contributed by atoms with van der Waals surface area (Å²) in [4.78, 5) is 14.9. The van der Waals surface area contributed by atoms with E-state index in [1.807, 2.05) is 0 Å². The van der Waals surface area contributed by atoms with Gasteiger partial charge in [-0.05, 0) is 74.5 Å². The van der Waals surface area contributed by atoms with Gasteiger partial charge in [-0.3, -0.25) is 0 Å². The third kappa shape index (κ3) is 3.08. The summed E-state index contributed by atoms with van der Waals surface area (Å²) in [5.74, 6) is 2.82. The molecule has 1 aromatic heterocycles. The lowest BCUT2D eigenvalue weighted by Gasteiger charge is -2.65. The van der Waals surface area contributed by atoms with Gasteiger partial charge >= 0.3 is 0 Å². The predicted molar refractivity (Wildman–Crippen MR) is 123 cm³/mol. The molecular formula is C25H35N5. The largest absolute Gasteiger partial charge is 0.364 e. The van der Waals surface area contributed by atoms with Crippen molar-refractivity contribution in [2.24, 2.45) is 16.7 Å². The molecule has 0 unspecified atom stereocenters. The molecule has 1 saturated heterocycles. The summed E-state index contributed by atoms with van der Waals surface area (Å²) in [6.07, 6.45) is 8.12. The quantitative estimate of drug-likeness (QED) is 0.812. The lowest BCUT2D eigenvalue weighted by atomic mass is 9.43. The topological polar surface area (TPSA) is 44.3 Å². The van der Waals surface area contributed by atoms with Crippen molar-refractivity contribution < 1.29 is 0 Å². The smallest absolute Gasteiger partial charge is 0.227 e. The molecule has 4 aliphatic carbocycles. The molecule has 5 aliphatic rings. The summed E-state index contributed by atoms with van der Waals surface area (Å²) < 4.78 is 0. The molecule has 0 amide bonds. The predicted octanol–water partition coefficient (Wildman–Crippen LogP) is 4.54. The number of para-hydroxylation sites is 1. The Morgan fingerprint density at radius 2 is 1.60 bits per heavy atom. The molecule has 0 radical (unpaired) electrons. The lowest BCUT2D eigenvalue weighted by Crippen LogP contribution is -2.61. The van der Waals surface area contributed by atoms with E-state index in [0.717, 1.165) is 49.4 Å². The van der Waals surface area contributed by atoms with Gasteiger partial charge < -0.3 is 15.1 Å². The van der Waals surface area contributed by atoms with Crippen LogP contribution in [0, 0.1) is 16.7 Å². The molecule has 1 aliphatic heterocycles. The Hall–Kier alpha value is -1.88. The van der Waals surface area contributed by atoms with Crippen LogP contribution in [0.4, 0.5) is 11.8 Å². The maximum Gasteiger partial charge on any atom is 0.227 e. The number of anilines is 2. The van der Waals surface area contributed by atoms with Gasteiger partial charge in [-0.2, -0.15) is 4.98 Å². The van der Waals surface area contributed by atoms with E-state index in [9.17, 15) is 0 Å². The van der Waals surface area contributed by atoms with Crippen LogP contribution in [0.3, 0.4) is 0 Å². The van der Waals surface area contributed by atoms with Crippen LogP contribution in [0.1, 0.15) is 52.4 Å². The zero-order valence-corrected chi connectivity index (χ0v) is 18.7. The van der Waals surface area contributed by atoms with Crippen LogP contribution in [0.2, 0.25) is 0 Å². The van der Waals surface area contributed by atoms with Crippen molar-refractivity contribution in [1.29, 1.82) is 0 Å². The number of fused-ring (bicyclic) bond motifs is 1. The summed E-state index contributed by atoms with van der Waals surface area (Å²) in [6, 6.07) is 8.55. The van der Waals surface area contributed by atoms with Crippen LogP contribution in [0.25, 0.3) is 10.9 Å². The number of nitrogens with one attached hydrogen (secondary N) is 1. The minimum Gasteiger partial charge on any atom is -0.364 e. The van der Waals surface area contributed by atoms with E-state index in [1.54, 1.807) is 0 Å². The monoisotopic (exact) mass is 405 g/mol. The van der Waals surface area contributed by atoms with E-state index in [1.165, 1.54) is 43.9 Å². The number of piperazine rings is 1. The van der Waals surface area contributed by atoms with E-state index in [2.05, 4.69) is 60.3 Å². The fourth-order valence-electron chi connectivity index (χ4n) is 8.15. The maximum absolute atomic E-state index is 5.16. The number of aromatic nitrogens is 2. The zero-order chi connectivity index (χ0) is 20.6. The first-order valence-electron chi connectivity index (χ1n) is 11.8. The van der Waals surface area contributed by atoms with Gasteiger partial charge in [0.25, 0.3) is 0 Å². The molecule has 0 spiro atoms. The van der Waals surface area contributed by atoms with Crippen molar-refractivity contribution in [2.75, 3.05) is 43.4 Å². The van der Waals surface area contributed by atoms with Gasteiger partial charge in [-0.15, -0.1) is 0 Å². The highest BCUT2D eigenvalue weighted by atomic mass is 15.3. The molecule has 7 rings (SSSR count). The van der Waals surface area contributed by atoms with Crippen LogP contribution in [-0.4, -0.2) is 53.6 Å². The molecule has 30 heavy (non-hydrogen) atoms. The minimum atomic E-state index is 0.194. The van der Waals surface area contributed by atoms with Gasteiger partial charge in [0.05, 0.1) is 5.52 Å². The summed E-state index contributed by atoms with van der Waals surface area (Å²) in [7, 11) is 2.19. The second-order valence-electron chi connectivity index (χ2n) is 11.7. The van der Waals surface area contributed by atoms with Crippen molar-refractivity contribution in [3.05, 3.63) is 24.3 Å². The second kappa shape index (κ2) is 6.32. The molecule has 160 valence electrons. The Balaban J connectivity index is 1.39. The average Bonchev–Trinajstić information content (AvgIpc) is 2.65. The molecular weight excluding hydrogens is 370 g/mol. The first-order chi connectivity index (χ1) is 14.3. The number of benzene rings is 1. The Morgan fingerprint density at radius 1 is 0.900 bits per heavy atom. The standard InChI is InChI=1S/C25H35N5/c1-23-12-18-13-24(2,15-23)17-25(14-18,16-23)28-21-19-6-4-5-7-20(19)26-22(27-21)30-10-8-29(3)9-11-30/h4-7,18H,8-17H2,1-3H3,(H,26,27,28)/t18?,23-,24-,25?/m0/s1. The van der Waals surface area contributed by atoms with Crippen molar-refractivity contribution >= 4 is 22.7 Å². The van der Waals surface area contributed by atoms with Crippen LogP contribution in [0.5, 0.6) is 0 Å². The van der Waals surface area contributed by atoms with Crippen molar-refractivity contribution in [3.8, 4) is 0 Å². The highest BCUT2D eigenvalue weighted by Gasteiger charge is 2.60. The van der Waals surface area contributed by atoms with Gasteiger partial charge in [0, 0.05) is 37.1 Å². The Kier molecular flexibility index (Phi) is 3.97. The van der Waals surface area contributed by atoms with Gasteiger partial charge in [0.15, 0.2) is 0 Å². The van der Waals surface area contributed by atoms with Crippen LogP contribution in [0.15, 0.2) is 24.3 Å². The molecule has 2 aromatic rings. The normalized spacial score (nSPS) is 38.4. The van der Waals surface area contributed by atoms with E-state index in [4.69, 9.17) is 9.97 Å². The molecule has 5 heteroatoms. The second-order valence-corrected chi connectivity index (χ2v) is 11.7. The van der Waals surface area contributed by atoms with E-state index >= 15 is 0 Å². The van der Waals surface area contributed by atoms with E-state index in [-0.39, 0.29) is 5.54 Å². The first kappa shape index (κ1) is 18.9. The SMILES string of the molecule is CN1CCN(c2nc(NC34CC5C[C@](C)(C3)C[C@](C)(C5)C4)c3ccccc3n2)CC1. The molecule has 5 nitrogen and oxygen atoms in total. The van der Waals surface area contributed by atoms with Gasteiger partial charge in [0.1, 0.15) is 5.82 Å². The molecule has 1 N–H and O–H groups in total. The first-order valence-corrected chi connectivity index (χ1v) is 11.8. The molecule has 5 fully saturated rings. The third-order valence-electron chi connectivity index (χ3n) is 8.39. The van der Waals surface area contributed by atoms with Crippen LogP contribution in [-0.2, 0) is 0 Å². The van der Waals surface area contributed by atoms with Crippen molar-refractivity contribution in [3.63, 3.8) is 0 Å². The molecule has 4 bridgehead atoms. The highest BCUT2D eigenvalue weighted by Crippen LogP contribution is 2.66. The number of nitrogens with zero attached hydrogens (tertiary/aromatic N) is 4. The lowest BCUT2D eigenvalue weighted by molar-refractivity contribution is -0.0973. The van der Waals surface area contributed by atoms with E-state index < -0.39 is 0 Å². The van der Waals surface area contributed by atoms with Gasteiger partial charge in [-0.25, -0.2) is 4.98 Å². The Morgan fingerprint density at radius 3 is 2.30 bits per heavy atom. The fourth-order valence-corrected chi connectivity index (χ4v) is 8.15. The highest BCUT2D eigenvalue weighted by molar-refractivity contribution is 5.90. The number of hydrogen-bond donors (Lipinski definition) is 1. The summed E-state index contributed by atoms with van der Waals surface area (Å²) in [5.41, 5.74) is 2.24. The summed E-state index contributed by atoms with van der Waals surface area (Å²) >= 11 is 0. The van der Waals surface area contributed by atoms with Crippen molar-refractivity contribution in [1.82, 2.24) is 14.9 Å². The van der Waals surface area contributed by atoms with Crippen LogP contribution < -0.4 is 10.2 Å². The van der Waals surface area contributed by atoms with Gasteiger partial charge in [0.2, 0.25) is 5.95 Å². The fraction of sp³-hybridized carbons (Fsp3) is 0.680. The maximum atomic E-state index is 5.16. The summed E-state index contributed by atoms with van der Waals surface area (Å²) in [5, 5.41) is 5.25. The number of likely N-dealkylation sites (N-methyl/N-ethyl adjacent to an activating group) is 1. The molecule has 2 heterocycles.